The highest BCUT2D eigenvalue weighted by atomic mass is 35.5. The fourth-order valence-electron chi connectivity index (χ4n) is 0.911. The Morgan fingerprint density at radius 1 is 1.77 bits per heavy atom. The third kappa shape index (κ3) is 3.42. The van der Waals surface area contributed by atoms with Crippen LogP contribution in [0, 0.1) is 0 Å². The monoisotopic (exact) mass is 239 g/mol. The van der Waals surface area contributed by atoms with Crippen LogP contribution in [-0.2, 0) is 0 Å². The van der Waals surface area contributed by atoms with Crippen LogP contribution in [0.4, 0.5) is 0 Å². The zero-order valence-corrected chi connectivity index (χ0v) is 10.2. The van der Waals surface area contributed by atoms with Gasteiger partial charge in [-0.25, -0.2) is 0 Å². The number of hydrogen-bond acceptors (Lipinski definition) is 2. The van der Waals surface area contributed by atoms with Crippen LogP contribution in [0.15, 0.2) is 0 Å². The molecule has 1 N–H and O–H groups in total. The molecule has 6 heteroatoms. The van der Waals surface area contributed by atoms with E-state index in [1.807, 2.05) is 22.8 Å². The zero-order chi connectivity index (χ0) is 9.84. The van der Waals surface area contributed by atoms with Crippen LogP contribution in [0.25, 0.3) is 0 Å². The van der Waals surface area contributed by atoms with Crippen molar-refractivity contribution in [3.05, 3.63) is 0 Å². The molecule has 0 aliphatic carbocycles. The Labute approximate surface area is 92.2 Å². The van der Waals surface area contributed by atoms with Gasteiger partial charge in [0.15, 0.2) is 5.11 Å². The molecule has 0 fully saturated rings. The first-order chi connectivity index (χ1) is 6.11. The van der Waals surface area contributed by atoms with Crippen LogP contribution < -0.4 is 5.32 Å². The molecule has 0 saturated carbocycles. The predicted molar refractivity (Wildman–Crippen MR) is 65.1 cm³/mol. The Kier molecular flexibility index (Phi) is 4.45. The minimum atomic E-state index is 0.0393. The van der Waals surface area contributed by atoms with E-state index in [-0.39, 0.29) is 10.7 Å². The van der Waals surface area contributed by atoms with Crippen molar-refractivity contribution in [1.29, 1.82) is 0 Å². The number of thiocarbonyl (C=S) groups is 1. The molecule has 13 heavy (non-hydrogen) atoms. The minimum absolute atomic E-state index is 0.0393. The molecule has 0 amide bonds. The van der Waals surface area contributed by atoms with Gasteiger partial charge in [-0.15, -0.1) is 0 Å². The molecule has 76 valence electrons. The molecule has 3 nitrogen and oxygen atoms in total. The third-order valence-corrected chi connectivity index (χ3v) is 4.61. The van der Waals surface area contributed by atoms with Gasteiger partial charge in [0.05, 0.1) is 5.88 Å². The normalized spacial score (nSPS) is 22.5. The van der Waals surface area contributed by atoms with Gasteiger partial charge in [0, 0.05) is 20.6 Å². The van der Waals surface area contributed by atoms with E-state index in [9.17, 15) is 0 Å². The first kappa shape index (κ1) is 11.2. The summed E-state index contributed by atoms with van der Waals surface area (Å²) in [6, 6.07) is 0. The molecule has 0 aromatic carbocycles. The van der Waals surface area contributed by atoms with E-state index in [1.54, 1.807) is 0 Å². The summed E-state index contributed by atoms with van der Waals surface area (Å²) in [7, 11) is 3.89. The van der Waals surface area contributed by atoms with Crippen molar-refractivity contribution < 1.29 is 0 Å². The van der Waals surface area contributed by atoms with Crippen LogP contribution in [0.2, 0.25) is 0 Å². The fourth-order valence-corrected chi connectivity index (χ4v) is 2.91. The van der Waals surface area contributed by atoms with Gasteiger partial charge in [-0.05, 0) is 35.8 Å². The van der Waals surface area contributed by atoms with E-state index in [0.717, 1.165) is 24.0 Å². The van der Waals surface area contributed by atoms with Gasteiger partial charge in [0.25, 0.3) is 0 Å². The standard InChI is InChI=1S/C7H14ClN3S2/c1-10(2)7(12)9-6-13-5-3-4-11(13)8/h5H,3-4,6H2,1-2H3,(H,9,12). The lowest BCUT2D eigenvalue weighted by Crippen LogP contribution is -2.34. The third-order valence-electron chi connectivity index (χ3n) is 1.65. The van der Waals surface area contributed by atoms with E-state index in [0.29, 0.717) is 0 Å². The van der Waals surface area contributed by atoms with Crippen LogP contribution in [-0.4, -0.2) is 45.7 Å². The van der Waals surface area contributed by atoms with E-state index in [4.69, 9.17) is 24.0 Å². The van der Waals surface area contributed by atoms with Crippen LogP contribution in [0.3, 0.4) is 0 Å². The highest BCUT2D eigenvalue weighted by Crippen LogP contribution is 2.25. The topological polar surface area (TPSA) is 18.5 Å². The van der Waals surface area contributed by atoms with Gasteiger partial charge < -0.3 is 10.2 Å². The second-order valence-corrected chi connectivity index (χ2v) is 5.78. The van der Waals surface area contributed by atoms with Gasteiger partial charge in [0.2, 0.25) is 0 Å². The Morgan fingerprint density at radius 3 is 2.92 bits per heavy atom. The summed E-state index contributed by atoms with van der Waals surface area (Å²) in [5.74, 6) is 0.820. The summed E-state index contributed by atoms with van der Waals surface area (Å²) in [4.78, 5) is 1.88. The number of hydrogen-bond donors (Lipinski definition) is 1. The Bertz CT molecular complexity index is 230. The molecule has 1 rings (SSSR count). The quantitative estimate of drug-likeness (QED) is 0.577. The molecule has 0 bridgehead atoms. The second kappa shape index (κ2) is 5.14. The van der Waals surface area contributed by atoms with E-state index >= 15 is 0 Å². The summed E-state index contributed by atoms with van der Waals surface area (Å²) >= 11 is 11.1. The predicted octanol–water partition coefficient (Wildman–Crippen LogP) is 1.23. The molecular formula is C7H14ClN3S2. The molecule has 0 spiro atoms. The van der Waals surface area contributed by atoms with Crippen molar-refractivity contribution in [3.63, 3.8) is 0 Å². The van der Waals surface area contributed by atoms with E-state index < -0.39 is 0 Å². The number of halogens is 1. The Balaban J connectivity index is 2.30. The van der Waals surface area contributed by atoms with Crippen molar-refractivity contribution in [3.8, 4) is 0 Å². The fraction of sp³-hybridized carbons (Fsp3) is 0.714. The second-order valence-electron chi connectivity index (χ2n) is 2.92. The average molecular weight is 240 g/mol. The Hall–Kier alpha value is 0.160. The maximum absolute atomic E-state index is 5.96. The summed E-state index contributed by atoms with van der Waals surface area (Å²) in [6.45, 7) is 0.946. The van der Waals surface area contributed by atoms with Crippen molar-refractivity contribution in [1.82, 2.24) is 14.0 Å². The van der Waals surface area contributed by atoms with Gasteiger partial charge in [-0.2, -0.15) is 3.82 Å². The summed E-state index contributed by atoms with van der Waals surface area (Å²) < 4.78 is 1.84. The van der Waals surface area contributed by atoms with Crippen molar-refractivity contribution in [2.45, 2.75) is 6.42 Å². The van der Waals surface area contributed by atoms with Gasteiger partial charge >= 0.3 is 0 Å². The van der Waals surface area contributed by atoms with Crippen molar-refractivity contribution in [2.75, 3.05) is 26.5 Å². The molecule has 1 unspecified atom stereocenters. The summed E-state index contributed by atoms with van der Waals surface area (Å²) in [5.41, 5.74) is 0. The first-order valence-corrected chi connectivity index (χ1v) is 6.19. The molecule has 0 saturated heterocycles. The summed E-state index contributed by atoms with van der Waals surface area (Å²) in [6.07, 6.45) is 1.07. The molecule has 1 atom stereocenters. The maximum Gasteiger partial charge on any atom is 0.169 e. The van der Waals surface area contributed by atoms with Gasteiger partial charge in [-0.1, -0.05) is 10.7 Å². The lowest BCUT2D eigenvalue weighted by atomic mass is 10.5. The SMILES string of the molecule is CN(C)C(=S)NCS1=CCCN1Cl. The van der Waals surface area contributed by atoms with Crippen LogP contribution in [0.1, 0.15) is 6.42 Å². The molecule has 1 aliphatic heterocycles. The molecule has 0 aromatic heterocycles. The molecular weight excluding hydrogens is 226 g/mol. The van der Waals surface area contributed by atoms with Crippen molar-refractivity contribution in [2.24, 2.45) is 0 Å². The Morgan fingerprint density at radius 2 is 2.46 bits per heavy atom. The van der Waals surface area contributed by atoms with Crippen molar-refractivity contribution >= 4 is 45.1 Å². The highest BCUT2D eigenvalue weighted by Gasteiger charge is 2.12. The lowest BCUT2D eigenvalue weighted by Gasteiger charge is -2.18. The number of nitrogens with one attached hydrogen (secondary N) is 1. The zero-order valence-electron chi connectivity index (χ0n) is 7.79. The van der Waals surface area contributed by atoms with Crippen LogP contribution >= 0.6 is 34.7 Å². The molecule has 0 radical (unpaired) electrons. The molecule has 1 aliphatic rings. The highest BCUT2D eigenvalue weighted by molar-refractivity contribution is 8.13. The lowest BCUT2D eigenvalue weighted by molar-refractivity contribution is 0.610. The number of nitrogens with zero attached hydrogens (tertiary/aromatic N) is 2. The first-order valence-electron chi connectivity index (χ1n) is 4.03. The molecule has 0 aromatic rings. The largest absolute Gasteiger partial charge is 0.355 e. The summed E-state index contributed by atoms with van der Waals surface area (Å²) in [5, 5.41) is 6.16. The number of rotatable bonds is 2. The molecule has 1 heterocycles. The smallest absolute Gasteiger partial charge is 0.169 e. The average Bonchev–Trinajstić information content (AvgIpc) is 2.47. The van der Waals surface area contributed by atoms with Gasteiger partial charge in [-0.3, -0.25) is 0 Å². The minimum Gasteiger partial charge on any atom is -0.355 e. The maximum atomic E-state index is 5.96. The van der Waals surface area contributed by atoms with E-state index in [1.165, 1.54) is 0 Å². The van der Waals surface area contributed by atoms with Gasteiger partial charge in [0.1, 0.15) is 0 Å². The van der Waals surface area contributed by atoms with Crippen LogP contribution in [0.5, 0.6) is 0 Å². The van der Waals surface area contributed by atoms with E-state index in [2.05, 4.69) is 10.7 Å².